The highest BCUT2D eigenvalue weighted by Crippen LogP contribution is 2.51. The van der Waals surface area contributed by atoms with Gasteiger partial charge in [0.15, 0.2) is 0 Å². The van der Waals surface area contributed by atoms with Gasteiger partial charge < -0.3 is 0 Å². The summed E-state index contributed by atoms with van der Waals surface area (Å²) in [6.45, 7) is 4.76. The molecule has 18 heavy (non-hydrogen) atoms. The highest BCUT2D eigenvalue weighted by atomic mass is 35.5. The van der Waals surface area contributed by atoms with E-state index in [4.69, 9.17) is 11.6 Å². The van der Waals surface area contributed by atoms with Crippen molar-refractivity contribution in [3.63, 3.8) is 0 Å². The van der Waals surface area contributed by atoms with Gasteiger partial charge in [0.25, 0.3) is 0 Å². The number of sulfonamides is 1. The molecule has 0 aromatic carbocycles. The molecule has 0 aliphatic heterocycles. The van der Waals surface area contributed by atoms with Crippen LogP contribution in [0.5, 0.6) is 0 Å². The van der Waals surface area contributed by atoms with E-state index < -0.39 is 10.0 Å². The summed E-state index contributed by atoms with van der Waals surface area (Å²) in [5.41, 5.74) is 0.146. The fraction of sp³-hybridized carbons (Fsp3) is 0.583. The van der Waals surface area contributed by atoms with Gasteiger partial charge in [-0.2, -0.15) is 0 Å². The van der Waals surface area contributed by atoms with E-state index in [1.54, 1.807) is 0 Å². The van der Waals surface area contributed by atoms with E-state index in [1.165, 1.54) is 18.3 Å². The second-order valence-corrected chi connectivity index (χ2v) is 7.31. The summed E-state index contributed by atoms with van der Waals surface area (Å²) in [5.74, 6) is 0.489. The maximum atomic E-state index is 12.0. The lowest BCUT2D eigenvalue weighted by Crippen LogP contribution is -2.32. The quantitative estimate of drug-likeness (QED) is 0.847. The van der Waals surface area contributed by atoms with Gasteiger partial charge in [-0.25, -0.2) is 18.1 Å². The number of halogens is 1. The van der Waals surface area contributed by atoms with Crippen molar-refractivity contribution in [3.8, 4) is 0 Å². The molecule has 2 rings (SSSR count). The Morgan fingerprint density at radius 3 is 2.56 bits per heavy atom. The Hall–Kier alpha value is -0.650. The lowest BCUT2D eigenvalue weighted by atomic mass is 9.93. The minimum absolute atomic E-state index is 0.146. The molecule has 1 fully saturated rings. The van der Waals surface area contributed by atoms with E-state index in [9.17, 15) is 8.42 Å². The molecule has 100 valence electrons. The molecule has 0 radical (unpaired) electrons. The van der Waals surface area contributed by atoms with E-state index in [1.807, 2.05) is 0 Å². The van der Waals surface area contributed by atoms with Crippen LogP contribution < -0.4 is 4.72 Å². The summed E-state index contributed by atoms with van der Waals surface area (Å²) in [6.07, 6.45) is 3.46. The van der Waals surface area contributed by atoms with E-state index in [0.29, 0.717) is 12.5 Å². The first kappa shape index (κ1) is 13.8. The van der Waals surface area contributed by atoms with Crippen molar-refractivity contribution >= 4 is 21.6 Å². The van der Waals surface area contributed by atoms with E-state index in [-0.39, 0.29) is 15.5 Å². The summed E-state index contributed by atoms with van der Waals surface area (Å²) in [4.78, 5) is 3.95. The molecule has 1 aliphatic rings. The molecule has 4 nitrogen and oxygen atoms in total. The second-order valence-electron chi connectivity index (χ2n) is 5.16. The molecule has 1 heterocycles. The Balaban J connectivity index is 2.06. The average Bonchev–Trinajstić information content (AvgIpc) is 3.08. The predicted molar refractivity (Wildman–Crippen MR) is 70.9 cm³/mol. The first-order valence-corrected chi connectivity index (χ1v) is 7.83. The molecule has 1 N–H and O–H groups in total. The van der Waals surface area contributed by atoms with Crippen molar-refractivity contribution in [3.05, 3.63) is 23.5 Å². The molecule has 0 amide bonds. The van der Waals surface area contributed by atoms with Gasteiger partial charge in [0.2, 0.25) is 10.0 Å². The van der Waals surface area contributed by atoms with Gasteiger partial charge in [-0.15, -0.1) is 0 Å². The lowest BCUT2D eigenvalue weighted by Gasteiger charge is -2.19. The monoisotopic (exact) mass is 288 g/mol. The van der Waals surface area contributed by atoms with Crippen molar-refractivity contribution in [1.29, 1.82) is 0 Å². The van der Waals surface area contributed by atoms with Crippen molar-refractivity contribution in [2.45, 2.75) is 31.6 Å². The summed E-state index contributed by atoms with van der Waals surface area (Å²) in [5, 5.41) is 0.287. The Labute approximate surface area is 113 Å². The molecular weight excluding hydrogens is 272 g/mol. The zero-order valence-electron chi connectivity index (χ0n) is 10.5. The van der Waals surface area contributed by atoms with Gasteiger partial charge in [0.05, 0.1) is 0 Å². The molecule has 0 atom stereocenters. The van der Waals surface area contributed by atoms with Crippen molar-refractivity contribution in [1.82, 2.24) is 9.71 Å². The van der Waals surface area contributed by atoms with Crippen LogP contribution in [-0.2, 0) is 10.0 Å². The highest BCUT2D eigenvalue weighted by Gasteiger charge is 2.45. The zero-order valence-corrected chi connectivity index (χ0v) is 12.1. The largest absolute Gasteiger partial charge is 0.243 e. The summed E-state index contributed by atoms with van der Waals surface area (Å²) in [6, 6.07) is 2.94. The number of rotatable bonds is 5. The molecule has 1 aliphatic carbocycles. The molecular formula is C12H17ClN2O2S. The number of hydrogen-bond donors (Lipinski definition) is 1. The van der Waals surface area contributed by atoms with Crippen molar-refractivity contribution in [2.75, 3.05) is 6.54 Å². The zero-order chi connectivity index (χ0) is 13.4. The predicted octanol–water partition coefficient (Wildman–Crippen LogP) is 2.45. The Morgan fingerprint density at radius 1 is 1.44 bits per heavy atom. The molecule has 6 heteroatoms. The van der Waals surface area contributed by atoms with Crippen LogP contribution in [0.15, 0.2) is 23.2 Å². The van der Waals surface area contributed by atoms with Gasteiger partial charge in [-0.3, -0.25) is 0 Å². The Kier molecular flexibility index (Phi) is 3.67. The van der Waals surface area contributed by atoms with Crippen LogP contribution in [0.4, 0.5) is 0 Å². The van der Waals surface area contributed by atoms with Gasteiger partial charge >= 0.3 is 0 Å². The average molecular weight is 289 g/mol. The molecule has 0 unspecified atom stereocenters. The molecule has 1 saturated carbocycles. The topological polar surface area (TPSA) is 59.1 Å². The number of nitrogens with zero attached hydrogens (tertiary/aromatic N) is 1. The second kappa shape index (κ2) is 4.79. The standard InChI is InChI=1S/C12H17ClN2O2S/c1-9(2)12(5-6-12)8-15-18(16,17)10-3-4-11(13)14-7-10/h3-4,7,9,15H,5-6,8H2,1-2H3. The minimum atomic E-state index is -3.47. The minimum Gasteiger partial charge on any atom is -0.243 e. The summed E-state index contributed by atoms with van der Waals surface area (Å²) < 4.78 is 26.8. The maximum absolute atomic E-state index is 12.0. The maximum Gasteiger partial charge on any atom is 0.242 e. The van der Waals surface area contributed by atoms with Crippen molar-refractivity contribution < 1.29 is 8.42 Å². The summed E-state index contributed by atoms with van der Waals surface area (Å²) in [7, 11) is -3.47. The first-order valence-electron chi connectivity index (χ1n) is 5.97. The Morgan fingerprint density at radius 2 is 2.11 bits per heavy atom. The van der Waals surface area contributed by atoms with Crippen molar-refractivity contribution in [2.24, 2.45) is 11.3 Å². The van der Waals surface area contributed by atoms with Crippen LogP contribution in [0.25, 0.3) is 0 Å². The van der Waals surface area contributed by atoms with E-state index in [2.05, 4.69) is 23.6 Å². The van der Waals surface area contributed by atoms with Crippen LogP contribution in [0.3, 0.4) is 0 Å². The molecule has 1 aromatic rings. The molecule has 0 spiro atoms. The molecule has 0 bridgehead atoms. The first-order chi connectivity index (χ1) is 8.36. The lowest BCUT2D eigenvalue weighted by molar-refractivity contribution is 0.357. The number of nitrogens with one attached hydrogen (secondary N) is 1. The number of aromatic nitrogens is 1. The third kappa shape index (κ3) is 2.84. The van der Waals surface area contributed by atoms with Gasteiger partial charge in [0.1, 0.15) is 10.0 Å². The van der Waals surface area contributed by atoms with Crippen LogP contribution >= 0.6 is 11.6 Å². The SMILES string of the molecule is CC(C)C1(CNS(=O)(=O)c2ccc(Cl)nc2)CC1. The summed E-state index contributed by atoms with van der Waals surface area (Å²) >= 11 is 5.64. The van der Waals surface area contributed by atoms with Crippen LogP contribution in [0.2, 0.25) is 5.15 Å². The number of hydrogen-bond acceptors (Lipinski definition) is 3. The fourth-order valence-electron chi connectivity index (χ4n) is 1.96. The third-order valence-electron chi connectivity index (χ3n) is 3.74. The van der Waals surface area contributed by atoms with E-state index in [0.717, 1.165) is 12.8 Å². The highest BCUT2D eigenvalue weighted by molar-refractivity contribution is 7.89. The van der Waals surface area contributed by atoms with Crippen LogP contribution in [-0.4, -0.2) is 19.9 Å². The Bertz CT molecular complexity index is 522. The number of pyridine rings is 1. The smallest absolute Gasteiger partial charge is 0.242 e. The van der Waals surface area contributed by atoms with Gasteiger partial charge in [-0.1, -0.05) is 25.4 Å². The van der Waals surface area contributed by atoms with Crippen LogP contribution in [0, 0.1) is 11.3 Å². The van der Waals surface area contributed by atoms with Crippen LogP contribution in [0.1, 0.15) is 26.7 Å². The molecule has 0 saturated heterocycles. The normalized spacial score (nSPS) is 18.0. The van der Waals surface area contributed by atoms with Gasteiger partial charge in [0, 0.05) is 12.7 Å². The third-order valence-corrected chi connectivity index (χ3v) is 5.35. The fourth-order valence-corrected chi connectivity index (χ4v) is 3.16. The molecule has 1 aromatic heterocycles. The van der Waals surface area contributed by atoms with Gasteiger partial charge in [-0.05, 0) is 36.3 Å². The van der Waals surface area contributed by atoms with E-state index >= 15 is 0 Å².